The largest absolute Gasteiger partial charge is 0.386 e. The smallest absolute Gasteiger partial charge is 0.191 e. The number of piperidine rings is 1. The molecular formula is C19H33ClN4OS. The third-order valence-corrected chi connectivity index (χ3v) is 5.96. The molecule has 2 atom stereocenters. The molecule has 0 aromatic carbocycles. The number of likely N-dealkylation sites (tertiary alicyclic amines) is 1. The number of nitrogens with one attached hydrogen (secondary N) is 2. The van der Waals surface area contributed by atoms with E-state index in [0.29, 0.717) is 10.9 Å². The summed E-state index contributed by atoms with van der Waals surface area (Å²) in [5.74, 6) is 1.61. The summed E-state index contributed by atoms with van der Waals surface area (Å²) in [6, 6.07) is 3.66. The van der Waals surface area contributed by atoms with Gasteiger partial charge in [0.15, 0.2) is 5.96 Å². The molecule has 148 valence electrons. The van der Waals surface area contributed by atoms with Crippen LogP contribution in [0.3, 0.4) is 0 Å². The van der Waals surface area contributed by atoms with Crippen LogP contribution in [0.2, 0.25) is 4.34 Å². The fraction of sp³-hybridized carbons (Fsp3) is 0.737. The Morgan fingerprint density at radius 2 is 2.27 bits per heavy atom. The van der Waals surface area contributed by atoms with E-state index in [2.05, 4.69) is 27.4 Å². The molecule has 2 heterocycles. The Kier molecular flexibility index (Phi) is 9.75. The normalized spacial score (nSPS) is 20.2. The monoisotopic (exact) mass is 400 g/mol. The first-order chi connectivity index (χ1) is 12.6. The molecule has 1 aromatic rings. The average molecular weight is 401 g/mol. The molecule has 5 nitrogen and oxygen atoms in total. The molecule has 0 aliphatic carbocycles. The number of thiophene rings is 1. The fourth-order valence-electron chi connectivity index (χ4n) is 3.27. The highest BCUT2D eigenvalue weighted by Gasteiger charge is 2.15. The minimum atomic E-state index is -0.607. The number of hydrogen-bond acceptors (Lipinski definition) is 4. The van der Waals surface area contributed by atoms with Crippen LogP contribution in [-0.2, 0) is 0 Å². The van der Waals surface area contributed by atoms with Crippen molar-refractivity contribution in [1.82, 2.24) is 15.5 Å². The first-order valence-corrected chi connectivity index (χ1v) is 11.0. The van der Waals surface area contributed by atoms with Crippen LogP contribution >= 0.6 is 22.9 Å². The second-order valence-corrected chi connectivity index (χ2v) is 8.81. The van der Waals surface area contributed by atoms with Gasteiger partial charge >= 0.3 is 0 Å². The van der Waals surface area contributed by atoms with Crippen LogP contribution in [0.1, 0.15) is 50.5 Å². The highest BCUT2D eigenvalue weighted by atomic mass is 35.5. The highest BCUT2D eigenvalue weighted by molar-refractivity contribution is 7.16. The van der Waals surface area contributed by atoms with Crippen molar-refractivity contribution in [1.29, 1.82) is 0 Å². The lowest BCUT2D eigenvalue weighted by Crippen LogP contribution is -2.38. The van der Waals surface area contributed by atoms with Gasteiger partial charge in [-0.15, -0.1) is 11.3 Å². The predicted octanol–water partition coefficient (Wildman–Crippen LogP) is 3.50. The molecule has 0 saturated carbocycles. The third-order valence-electron chi connectivity index (χ3n) is 4.62. The number of guanidine groups is 1. The van der Waals surface area contributed by atoms with Crippen LogP contribution in [0.4, 0.5) is 0 Å². The minimum absolute atomic E-state index is 0.331. The standard InChI is InChI=1S/C19H33ClN4OS/c1-3-21-19(23-13-16(25)17-8-9-18(20)26-17)22-10-4-5-11-24-12-6-7-15(2)14-24/h8-9,15-16,25H,3-7,10-14H2,1-2H3,(H2,21,22,23). The first kappa shape index (κ1) is 21.5. The van der Waals surface area contributed by atoms with Crippen LogP contribution in [-0.4, -0.2) is 55.2 Å². The summed E-state index contributed by atoms with van der Waals surface area (Å²) < 4.78 is 0.691. The molecule has 26 heavy (non-hydrogen) atoms. The molecule has 0 spiro atoms. The zero-order valence-electron chi connectivity index (χ0n) is 16.0. The summed E-state index contributed by atoms with van der Waals surface area (Å²) in [4.78, 5) is 7.94. The number of hydrogen-bond donors (Lipinski definition) is 3. The Morgan fingerprint density at radius 1 is 1.42 bits per heavy atom. The quantitative estimate of drug-likeness (QED) is 0.337. The van der Waals surface area contributed by atoms with Gasteiger partial charge in [-0.3, -0.25) is 4.99 Å². The molecular weight excluding hydrogens is 368 g/mol. The van der Waals surface area contributed by atoms with Gasteiger partial charge < -0.3 is 20.6 Å². The van der Waals surface area contributed by atoms with E-state index in [0.717, 1.165) is 36.3 Å². The lowest BCUT2D eigenvalue weighted by atomic mass is 10.0. The van der Waals surface area contributed by atoms with Gasteiger partial charge in [-0.2, -0.15) is 0 Å². The van der Waals surface area contributed by atoms with Crippen molar-refractivity contribution >= 4 is 28.9 Å². The SMILES string of the molecule is CCNC(=NCC(O)c1ccc(Cl)s1)NCCCCN1CCCC(C)C1. The zero-order valence-corrected chi connectivity index (χ0v) is 17.6. The summed E-state index contributed by atoms with van der Waals surface area (Å²) in [6.45, 7) is 10.1. The van der Waals surface area contributed by atoms with E-state index in [9.17, 15) is 5.11 Å². The van der Waals surface area contributed by atoms with Gasteiger partial charge in [-0.05, 0) is 63.7 Å². The maximum absolute atomic E-state index is 10.2. The van der Waals surface area contributed by atoms with Crippen molar-refractivity contribution in [2.75, 3.05) is 39.3 Å². The summed E-state index contributed by atoms with van der Waals surface area (Å²) in [5, 5.41) is 16.8. The van der Waals surface area contributed by atoms with Crippen LogP contribution in [0.25, 0.3) is 0 Å². The number of halogens is 1. The number of rotatable bonds is 9. The van der Waals surface area contributed by atoms with E-state index < -0.39 is 6.10 Å². The zero-order chi connectivity index (χ0) is 18.8. The second-order valence-electron chi connectivity index (χ2n) is 7.06. The molecule has 1 aliphatic heterocycles. The summed E-state index contributed by atoms with van der Waals surface area (Å²) >= 11 is 7.32. The lowest BCUT2D eigenvalue weighted by molar-refractivity contribution is 0.181. The topological polar surface area (TPSA) is 59.9 Å². The van der Waals surface area contributed by atoms with Crippen LogP contribution in [0, 0.1) is 5.92 Å². The lowest BCUT2D eigenvalue weighted by Gasteiger charge is -2.30. The maximum Gasteiger partial charge on any atom is 0.191 e. The van der Waals surface area contributed by atoms with E-state index in [1.807, 2.05) is 13.0 Å². The van der Waals surface area contributed by atoms with Crippen molar-refractivity contribution in [3.8, 4) is 0 Å². The molecule has 2 unspecified atom stereocenters. The molecule has 3 N–H and O–H groups in total. The molecule has 2 rings (SSSR count). The Bertz CT molecular complexity index is 551. The average Bonchev–Trinajstić information content (AvgIpc) is 3.05. The minimum Gasteiger partial charge on any atom is -0.386 e. The van der Waals surface area contributed by atoms with Gasteiger partial charge in [0.25, 0.3) is 0 Å². The molecule has 1 aromatic heterocycles. The van der Waals surface area contributed by atoms with Crippen molar-refractivity contribution in [2.24, 2.45) is 10.9 Å². The van der Waals surface area contributed by atoms with Gasteiger partial charge in [-0.25, -0.2) is 0 Å². The summed E-state index contributed by atoms with van der Waals surface area (Å²) in [5.41, 5.74) is 0. The molecule has 1 saturated heterocycles. The number of aliphatic hydroxyl groups excluding tert-OH is 1. The molecule has 0 bridgehead atoms. The Balaban J connectivity index is 1.66. The van der Waals surface area contributed by atoms with Crippen LogP contribution < -0.4 is 10.6 Å². The Hall–Kier alpha value is -0.820. The number of nitrogens with zero attached hydrogens (tertiary/aromatic N) is 2. The van der Waals surface area contributed by atoms with Crippen molar-refractivity contribution in [3.63, 3.8) is 0 Å². The molecule has 1 fully saturated rings. The molecule has 0 amide bonds. The van der Waals surface area contributed by atoms with Gasteiger partial charge in [-0.1, -0.05) is 18.5 Å². The van der Waals surface area contributed by atoms with Crippen LogP contribution in [0.5, 0.6) is 0 Å². The molecule has 0 radical (unpaired) electrons. The predicted molar refractivity (Wildman–Crippen MR) is 112 cm³/mol. The number of aliphatic imine (C=N–C) groups is 1. The van der Waals surface area contributed by atoms with Crippen LogP contribution in [0.15, 0.2) is 17.1 Å². The Labute approximate surface area is 166 Å². The van der Waals surface area contributed by atoms with Gasteiger partial charge in [0.1, 0.15) is 6.10 Å². The van der Waals surface area contributed by atoms with E-state index >= 15 is 0 Å². The molecule has 7 heteroatoms. The van der Waals surface area contributed by atoms with E-state index in [4.69, 9.17) is 11.6 Å². The number of unbranched alkanes of at least 4 members (excludes halogenated alkanes) is 1. The van der Waals surface area contributed by atoms with Gasteiger partial charge in [0.2, 0.25) is 0 Å². The Morgan fingerprint density at radius 3 is 2.96 bits per heavy atom. The van der Waals surface area contributed by atoms with E-state index in [-0.39, 0.29) is 0 Å². The second kappa shape index (κ2) is 11.8. The van der Waals surface area contributed by atoms with E-state index in [1.165, 1.54) is 50.2 Å². The third kappa shape index (κ3) is 7.82. The van der Waals surface area contributed by atoms with E-state index in [1.54, 1.807) is 6.07 Å². The van der Waals surface area contributed by atoms with Gasteiger partial charge in [0.05, 0.1) is 10.9 Å². The molecule has 1 aliphatic rings. The summed E-state index contributed by atoms with van der Waals surface area (Å²) in [6.07, 6.45) is 4.44. The summed E-state index contributed by atoms with van der Waals surface area (Å²) in [7, 11) is 0. The van der Waals surface area contributed by atoms with Crippen molar-refractivity contribution < 1.29 is 5.11 Å². The van der Waals surface area contributed by atoms with Crippen molar-refractivity contribution in [2.45, 2.75) is 45.6 Å². The van der Waals surface area contributed by atoms with Crippen molar-refractivity contribution in [3.05, 3.63) is 21.3 Å². The number of aliphatic hydroxyl groups is 1. The highest BCUT2D eigenvalue weighted by Crippen LogP contribution is 2.26. The van der Waals surface area contributed by atoms with Gasteiger partial charge in [0, 0.05) is 24.5 Å². The maximum atomic E-state index is 10.2. The fourth-order valence-corrected chi connectivity index (χ4v) is 4.31. The first-order valence-electron chi connectivity index (χ1n) is 9.76.